The van der Waals surface area contributed by atoms with Crippen LogP contribution in [0, 0.1) is 0 Å². The lowest BCUT2D eigenvalue weighted by Gasteiger charge is -1.98. The molecule has 1 aromatic carbocycles. The van der Waals surface area contributed by atoms with E-state index in [0.717, 1.165) is 23.4 Å². The number of fused-ring (bicyclic) bond motifs is 1. The van der Waals surface area contributed by atoms with E-state index in [0.29, 0.717) is 11.5 Å². The number of rotatable bonds is 4. The van der Waals surface area contributed by atoms with Gasteiger partial charge in [-0.2, -0.15) is 0 Å². The fourth-order valence-corrected chi connectivity index (χ4v) is 2.98. The Morgan fingerprint density at radius 3 is 2.50 bits per heavy atom. The van der Waals surface area contributed by atoms with Crippen LogP contribution in [-0.2, 0) is 24.3 Å². The summed E-state index contributed by atoms with van der Waals surface area (Å²) in [5, 5.41) is 13.0. The fourth-order valence-electron chi connectivity index (χ4n) is 2.23. The molecule has 0 unspecified atom stereocenters. The minimum absolute atomic E-state index is 0.317. The van der Waals surface area contributed by atoms with Crippen LogP contribution >= 0.6 is 11.3 Å². The van der Waals surface area contributed by atoms with E-state index in [1.807, 2.05) is 12.1 Å². The highest BCUT2D eigenvalue weighted by atomic mass is 32.1. The summed E-state index contributed by atoms with van der Waals surface area (Å²) in [6.07, 6.45) is 1.67. The van der Waals surface area contributed by atoms with Gasteiger partial charge in [-0.15, -0.1) is 11.3 Å². The maximum absolute atomic E-state index is 10.8. The molecule has 0 atom stereocenters. The molecule has 0 saturated heterocycles. The van der Waals surface area contributed by atoms with Crippen molar-refractivity contribution in [3.05, 3.63) is 57.3 Å². The van der Waals surface area contributed by atoms with Crippen LogP contribution in [0.25, 0.3) is 0 Å². The average Bonchev–Trinajstić information content (AvgIpc) is 3.04. The monoisotopic (exact) mass is 287 g/mol. The molecule has 3 rings (SSSR count). The quantitative estimate of drug-likeness (QED) is 0.879. The van der Waals surface area contributed by atoms with Crippen molar-refractivity contribution in [2.24, 2.45) is 5.16 Å². The molecular formula is C15H13NO3S. The topological polar surface area (TPSA) is 58.9 Å². The summed E-state index contributed by atoms with van der Waals surface area (Å²) < 4.78 is 0. The lowest BCUT2D eigenvalue weighted by molar-refractivity contribution is 0.0702. The van der Waals surface area contributed by atoms with Gasteiger partial charge < -0.3 is 9.94 Å². The van der Waals surface area contributed by atoms with Crippen LogP contribution in [-0.4, -0.2) is 16.8 Å². The van der Waals surface area contributed by atoms with Gasteiger partial charge in [-0.3, -0.25) is 0 Å². The number of hydrogen-bond acceptors (Lipinski definition) is 4. The highest BCUT2D eigenvalue weighted by Gasteiger charge is 2.16. The average molecular weight is 287 g/mol. The second kappa shape index (κ2) is 5.46. The Morgan fingerprint density at radius 1 is 1.20 bits per heavy atom. The summed E-state index contributed by atoms with van der Waals surface area (Å²) in [5.41, 5.74) is 3.62. The van der Waals surface area contributed by atoms with E-state index in [4.69, 9.17) is 9.94 Å². The molecule has 0 saturated carbocycles. The summed E-state index contributed by atoms with van der Waals surface area (Å²) in [5.74, 6) is -0.904. The predicted molar refractivity (Wildman–Crippen MR) is 77.4 cm³/mol. The van der Waals surface area contributed by atoms with Gasteiger partial charge in [-0.25, -0.2) is 4.79 Å². The minimum atomic E-state index is -0.904. The number of carboxylic acids is 1. The first kappa shape index (κ1) is 12.9. The summed E-state index contributed by atoms with van der Waals surface area (Å²) in [6.45, 7) is 0.317. The molecule has 20 heavy (non-hydrogen) atoms. The zero-order valence-electron chi connectivity index (χ0n) is 10.7. The second-order valence-corrected chi connectivity index (χ2v) is 5.79. The number of hydrogen-bond donors (Lipinski definition) is 1. The van der Waals surface area contributed by atoms with Crippen LogP contribution < -0.4 is 0 Å². The first-order valence-electron chi connectivity index (χ1n) is 6.29. The molecule has 0 bridgehead atoms. The summed E-state index contributed by atoms with van der Waals surface area (Å²) in [6, 6.07) is 11.6. The van der Waals surface area contributed by atoms with E-state index >= 15 is 0 Å². The summed E-state index contributed by atoms with van der Waals surface area (Å²) in [7, 11) is 0. The van der Waals surface area contributed by atoms with Crippen LogP contribution in [0.1, 0.15) is 25.7 Å². The fraction of sp³-hybridized carbons (Fsp3) is 0.200. The molecule has 5 heteroatoms. The van der Waals surface area contributed by atoms with Crippen LogP contribution in [0.5, 0.6) is 0 Å². The molecular weight excluding hydrogens is 274 g/mol. The molecule has 1 heterocycles. The van der Waals surface area contributed by atoms with Gasteiger partial charge >= 0.3 is 5.97 Å². The molecule has 1 aliphatic rings. The number of nitrogens with zero attached hydrogens (tertiary/aromatic N) is 1. The molecule has 0 amide bonds. The maximum Gasteiger partial charge on any atom is 0.345 e. The Morgan fingerprint density at radius 2 is 1.90 bits per heavy atom. The van der Waals surface area contributed by atoms with Crippen LogP contribution in [0.4, 0.5) is 0 Å². The Balaban J connectivity index is 1.58. The Kier molecular flexibility index (Phi) is 3.52. The van der Waals surface area contributed by atoms with Crippen LogP contribution in [0.15, 0.2) is 41.6 Å². The number of thiophene rings is 1. The van der Waals surface area contributed by atoms with Crippen molar-refractivity contribution in [3.63, 3.8) is 0 Å². The van der Waals surface area contributed by atoms with Crippen molar-refractivity contribution in [2.75, 3.05) is 0 Å². The normalized spacial score (nSPS) is 13.1. The number of oxime groups is 1. The third-order valence-electron chi connectivity index (χ3n) is 3.18. The van der Waals surface area contributed by atoms with Crippen LogP contribution in [0.2, 0.25) is 0 Å². The zero-order valence-corrected chi connectivity index (χ0v) is 11.5. The SMILES string of the molecule is O=C(O)c1ccc(CON=C2Cc3ccccc3C2)s1. The van der Waals surface area contributed by atoms with Gasteiger partial charge in [0.1, 0.15) is 4.88 Å². The molecule has 1 aromatic heterocycles. The number of carbonyl (C=O) groups is 1. The Labute approximate surface area is 120 Å². The standard InChI is InChI=1S/C15H13NO3S/c17-15(18)14-6-5-13(20-14)9-19-16-12-7-10-3-1-2-4-11(10)8-12/h1-6H,7-9H2,(H,17,18). The van der Waals surface area contributed by atoms with E-state index in [1.165, 1.54) is 22.5 Å². The van der Waals surface area contributed by atoms with E-state index in [1.54, 1.807) is 12.1 Å². The predicted octanol–water partition coefficient (Wildman–Crippen LogP) is 3.12. The highest BCUT2D eigenvalue weighted by molar-refractivity contribution is 7.13. The molecule has 2 aromatic rings. The Bertz CT molecular complexity index is 648. The Hall–Kier alpha value is -2.14. The molecule has 1 N–H and O–H groups in total. The third kappa shape index (κ3) is 2.72. The van der Waals surface area contributed by atoms with E-state index in [-0.39, 0.29) is 0 Å². The molecule has 0 fully saturated rings. The maximum atomic E-state index is 10.8. The zero-order chi connectivity index (χ0) is 13.9. The van der Waals surface area contributed by atoms with Gasteiger partial charge in [-0.05, 0) is 23.3 Å². The molecule has 0 spiro atoms. The lowest BCUT2D eigenvalue weighted by atomic mass is 10.1. The van der Waals surface area contributed by atoms with Gasteiger partial charge in [0.25, 0.3) is 0 Å². The van der Waals surface area contributed by atoms with Crippen molar-refractivity contribution in [1.29, 1.82) is 0 Å². The molecule has 1 aliphatic carbocycles. The third-order valence-corrected chi connectivity index (χ3v) is 4.23. The molecule has 4 nitrogen and oxygen atoms in total. The van der Waals surface area contributed by atoms with Gasteiger partial charge in [0.2, 0.25) is 0 Å². The van der Waals surface area contributed by atoms with Crippen molar-refractivity contribution in [3.8, 4) is 0 Å². The first-order chi connectivity index (χ1) is 9.72. The molecule has 102 valence electrons. The molecule has 0 radical (unpaired) electrons. The van der Waals surface area contributed by atoms with Crippen LogP contribution in [0.3, 0.4) is 0 Å². The van der Waals surface area contributed by atoms with Crippen molar-refractivity contribution < 1.29 is 14.7 Å². The number of benzene rings is 1. The van der Waals surface area contributed by atoms with Crippen molar-refractivity contribution in [2.45, 2.75) is 19.4 Å². The van der Waals surface area contributed by atoms with E-state index in [2.05, 4.69) is 17.3 Å². The first-order valence-corrected chi connectivity index (χ1v) is 7.10. The van der Waals surface area contributed by atoms with Gasteiger partial charge in [0.15, 0.2) is 6.61 Å². The highest BCUT2D eigenvalue weighted by Crippen LogP contribution is 2.21. The summed E-state index contributed by atoms with van der Waals surface area (Å²) in [4.78, 5) is 17.3. The number of aromatic carboxylic acids is 1. The number of carboxylic acid groups (broad SMARTS) is 1. The van der Waals surface area contributed by atoms with E-state index in [9.17, 15) is 4.79 Å². The summed E-state index contributed by atoms with van der Waals surface area (Å²) >= 11 is 1.22. The molecule has 0 aliphatic heterocycles. The second-order valence-electron chi connectivity index (χ2n) is 4.62. The van der Waals surface area contributed by atoms with Gasteiger partial charge in [0.05, 0.1) is 5.71 Å². The van der Waals surface area contributed by atoms with E-state index < -0.39 is 5.97 Å². The van der Waals surface area contributed by atoms with Crippen molar-refractivity contribution in [1.82, 2.24) is 0 Å². The lowest BCUT2D eigenvalue weighted by Crippen LogP contribution is -1.98. The minimum Gasteiger partial charge on any atom is -0.477 e. The largest absolute Gasteiger partial charge is 0.477 e. The van der Waals surface area contributed by atoms with Crippen molar-refractivity contribution >= 4 is 23.0 Å². The van der Waals surface area contributed by atoms with Gasteiger partial charge in [-0.1, -0.05) is 29.4 Å². The smallest absolute Gasteiger partial charge is 0.345 e. The van der Waals surface area contributed by atoms with Gasteiger partial charge in [0, 0.05) is 17.7 Å².